The Hall–Kier alpha value is -1.22. The first-order valence-electron chi connectivity index (χ1n) is 13.4. The lowest BCUT2D eigenvalue weighted by Crippen LogP contribution is -2.28. The fourth-order valence-electron chi connectivity index (χ4n) is 5.95. The maximum atomic E-state index is 12.4. The van der Waals surface area contributed by atoms with Crippen LogP contribution in [0.1, 0.15) is 120 Å². The minimum Gasteiger partial charge on any atom is -0.378 e. The van der Waals surface area contributed by atoms with Gasteiger partial charge in [-0.2, -0.15) is 8.78 Å². The Kier molecular flexibility index (Phi) is 11.2. The number of hydrogen-bond donors (Lipinski definition) is 0. The lowest BCUT2D eigenvalue weighted by Gasteiger charge is -2.38. The summed E-state index contributed by atoms with van der Waals surface area (Å²) in [6.45, 7) is 3.23. The molecule has 180 valence electrons. The normalized spacial score (nSPS) is 26.1. The molecule has 0 atom stereocenters. The van der Waals surface area contributed by atoms with Gasteiger partial charge in [-0.25, -0.2) is 0 Å². The van der Waals surface area contributed by atoms with Crippen LogP contribution in [0, 0.1) is 11.8 Å². The second-order valence-electron chi connectivity index (χ2n) is 10.2. The van der Waals surface area contributed by atoms with E-state index in [9.17, 15) is 8.78 Å². The number of ether oxygens (including phenoxy) is 1. The quantitative estimate of drug-likeness (QED) is 0.290. The van der Waals surface area contributed by atoms with Crippen LogP contribution < -0.4 is 0 Å². The summed E-state index contributed by atoms with van der Waals surface area (Å²) in [4.78, 5) is 0. The van der Waals surface area contributed by atoms with Gasteiger partial charge in [-0.1, -0.05) is 69.7 Å². The highest BCUT2D eigenvalue weighted by Gasteiger charge is 2.31. The molecular formula is C29H44F2O. The largest absolute Gasteiger partial charge is 0.378 e. The third kappa shape index (κ3) is 8.61. The number of unbranched alkanes of at least 4 members (excludes halogenated alkanes) is 6. The van der Waals surface area contributed by atoms with Gasteiger partial charge in [0.05, 0.1) is 6.10 Å². The first kappa shape index (κ1) is 25.4. The van der Waals surface area contributed by atoms with Gasteiger partial charge >= 0.3 is 0 Å². The molecular weight excluding hydrogens is 402 g/mol. The fourth-order valence-corrected chi connectivity index (χ4v) is 5.95. The molecule has 32 heavy (non-hydrogen) atoms. The van der Waals surface area contributed by atoms with E-state index in [1.165, 1.54) is 102 Å². The standard InChI is InChI=1S/C29H44F2O/c1-2-3-4-5-6-7-8-21-32-28-19-17-27(18-20-28)26-15-13-25(14-16-26)24-11-9-23(10-12-24)22-29(30)31/h9-12,22,25-28H,2-8,13-21H2,1H3/t25-,26-,27-,28-. The second-order valence-corrected chi connectivity index (χ2v) is 10.2. The Morgan fingerprint density at radius 3 is 1.94 bits per heavy atom. The van der Waals surface area contributed by atoms with Crippen LogP contribution in [-0.4, -0.2) is 12.7 Å². The molecule has 0 N–H and O–H groups in total. The van der Waals surface area contributed by atoms with Gasteiger partial charge in [-0.05, 0) is 86.7 Å². The predicted octanol–water partition coefficient (Wildman–Crippen LogP) is 9.52. The molecule has 0 radical (unpaired) electrons. The molecule has 0 bridgehead atoms. The third-order valence-corrected chi connectivity index (χ3v) is 7.94. The van der Waals surface area contributed by atoms with E-state index in [2.05, 4.69) is 6.92 Å². The van der Waals surface area contributed by atoms with Gasteiger partial charge in [0, 0.05) is 12.7 Å². The van der Waals surface area contributed by atoms with E-state index < -0.39 is 6.08 Å². The van der Waals surface area contributed by atoms with E-state index in [0.29, 0.717) is 17.6 Å². The molecule has 1 aromatic carbocycles. The molecule has 0 spiro atoms. The van der Waals surface area contributed by atoms with Crippen LogP contribution in [0.15, 0.2) is 30.3 Å². The third-order valence-electron chi connectivity index (χ3n) is 7.94. The van der Waals surface area contributed by atoms with E-state index in [0.717, 1.165) is 24.5 Å². The molecule has 0 heterocycles. The highest BCUT2D eigenvalue weighted by molar-refractivity contribution is 5.50. The van der Waals surface area contributed by atoms with Crippen molar-refractivity contribution in [3.8, 4) is 0 Å². The number of hydrogen-bond acceptors (Lipinski definition) is 1. The van der Waals surface area contributed by atoms with Crippen molar-refractivity contribution in [2.24, 2.45) is 11.8 Å². The average Bonchev–Trinajstić information content (AvgIpc) is 2.81. The Bertz CT molecular complexity index is 648. The van der Waals surface area contributed by atoms with Crippen molar-refractivity contribution in [1.82, 2.24) is 0 Å². The zero-order valence-corrected chi connectivity index (χ0v) is 20.2. The van der Waals surface area contributed by atoms with Gasteiger partial charge in [0.15, 0.2) is 0 Å². The number of rotatable bonds is 12. The first-order chi connectivity index (χ1) is 15.7. The van der Waals surface area contributed by atoms with Crippen LogP contribution >= 0.6 is 0 Å². The van der Waals surface area contributed by atoms with Crippen LogP contribution in [0.2, 0.25) is 0 Å². The summed E-state index contributed by atoms with van der Waals surface area (Å²) in [5.41, 5.74) is 1.91. The first-order valence-corrected chi connectivity index (χ1v) is 13.4. The summed E-state index contributed by atoms with van der Waals surface area (Å²) < 4.78 is 31.0. The van der Waals surface area contributed by atoms with Gasteiger partial charge in [-0.15, -0.1) is 0 Å². The lowest BCUT2D eigenvalue weighted by atomic mass is 9.69. The maximum Gasteiger partial charge on any atom is 0.270 e. The molecule has 0 aromatic heterocycles. The Morgan fingerprint density at radius 2 is 1.34 bits per heavy atom. The molecule has 2 aliphatic rings. The minimum absolute atomic E-state index is 0.504. The zero-order valence-electron chi connectivity index (χ0n) is 20.2. The van der Waals surface area contributed by atoms with Crippen molar-refractivity contribution in [1.29, 1.82) is 0 Å². The Morgan fingerprint density at radius 1 is 0.781 bits per heavy atom. The lowest BCUT2D eigenvalue weighted by molar-refractivity contribution is 0.00624. The molecule has 1 aromatic rings. The van der Waals surface area contributed by atoms with E-state index >= 15 is 0 Å². The highest BCUT2D eigenvalue weighted by atomic mass is 19.3. The summed E-state index contributed by atoms with van der Waals surface area (Å²) in [6.07, 6.45) is 19.6. The molecule has 2 saturated carbocycles. The van der Waals surface area contributed by atoms with Crippen molar-refractivity contribution in [2.45, 2.75) is 115 Å². The summed E-state index contributed by atoms with van der Waals surface area (Å²) in [5.74, 6) is 2.36. The highest BCUT2D eigenvalue weighted by Crippen LogP contribution is 2.43. The average molecular weight is 447 g/mol. The fraction of sp³-hybridized carbons (Fsp3) is 0.724. The Labute approximate surface area is 195 Å². The zero-order chi connectivity index (χ0) is 22.6. The summed E-state index contributed by atoms with van der Waals surface area (Å²) in [7, 11) is 0. The van der Waals surface area contributed by atoms with Crippen molar-refractivity contribution in [3.05, 3.63) is 41.5 Å². The summed E-state index contributed by atoms with van der Waals surface area (Å²) in [5, 5.41) is 0. The number of benzene rings is 1. The molecule has 3 rings (SSSR count). The summed E-state index contributed by atoms with van der Waals surface area (Å²) >= 11 is 0. The van der Waals surface area contributed by atoms with Crippen LogP contribution in [0.3, 0.4) is 0 Å². The van der Waals surface area contributed by atoms with E-state index in [4.69, 9.17) is 4.74 Å². The molecule has 0 aliphatic heterocycles. The van der Waals surface area contributed by atoms with E-state index in [1.807, 2.05) is 24.3 Å². The van der Waals surface area contributed by atoms with Gasteiger partial charge < -0.3 is 4.74 Å². The second kappa shape index (κ2) is 14.1. The van der Waals surface area contributed by atoms with Crippen LogP contribution in [0.4, 0.5) is 8.78 Å². The number of halogens is 2. The molecule has 2 fully saturated rings. The van der Waals surface area contributed by atoms with E-state index in [1.54, 1.807) is 0 Å². The molecule has 0 saturated heterocycles. The molecule has 2 aliphatic carbocycles. The van der Waals surface area contributed by atoms with Crippen molar-refractivity contribution >= 4 is 6.08 Å². The van der Waals surface area contributed by atoms with Gasteiger partial charge in [-0.3, -0.25) is 0 Å². The van der Waals surface area contributed by atoms with Crippen molar-refractivity contribution in [2.75, 3.05) is 6.61 Å². The van der Waals surface area contributed by atoms with Crippen LogP contribution in [-0.2, 0) is 4.74 Å². The van der Waals surface area contributed by atoms with Gasteiger partial charge in [0.25, 0.3) is 6.08 Å². The van der Waals surface area contributed by atoms with Crippen molar-refractivity contribution in [3.63, 3.8) is 0 Å². The smallest absolute Gasteiger partial charge is 0.270 e. The Balaban J connectivity index is 1.28. The topological polar surface area (TPSA) is 9.23 Å². The molecule has 0 amide bonds. The van der Waals surface area contributed by atoms with E-state index in [-0.39, 0.29) is 0 Å². The van der Waals surface area contributed by atoms with Gasteiger partial charge in [0.2, 0.25) is 0 Å². The molecule has 1 nitrogen and oxygen atoms in total. The molecule has 3 heteroatoms. The predicted molar refractivity (Wildman–Crippen MR) is 131 cm³/mol. The minimum atomic E-state index is -1.63. The monoisotopic (exact) mass is 446 g/mol. The summed E-state index contributed by atoms with van der Waals surface area (Å²) in [6, 6.07) is 7.75. The van der Waals surface area contributed by atoms with Crippen LogP contribution in [0.25, 0.3) is 6.08 Å². The van der Waals surface area contributed by atoms with Crippen molar-refractivity contribution < 1.29 is 13.5 Å². The molecule has 0 unspecified atom stereocenters. The maximum absolute atomic E-state index is 12.4. The SMILES string of the molecule is CCCCCCCCCO[C@H]1CC[C@H]([C@H]2CC[C@H](c3ccc(C=C(F)F)cc3)CC2)CC1. The van der Waals surface area contributed by atoms with Crippen LogP contribution in [0.5, 0.6) is 0 Å². The van der Waals surface area contributed by atoms with Gasteiger partial charge in [0.1, 0.15) is 0 Å².